The average Bonchev–Trinajstić information content (AvgIpc) is 2.84. The zero-order valence-electron chi connectivity index (χ0n) is 10.3. The minimum atomic E-state index is -0.379. The molecule has 1 aliphatic heterocycles. The van der Waals surface area contributed by atoms with E-state index in [1.165, 1.54) is 12.1 Å². The summed E-state index contributed by atoms with van der Waals surface area (Å²) < 4.78 is 24.3. The molecule has 0 saturated carbocycles. The van der Waals surface area contributed by atoms with Gasteiger partial charge in [-0.1, -0.05) is 17.7 Å². The summed E-state index contributed by atoms with van der Waals surface area (Å²) in [6.07, 6.45) is 0. The largest absolute Gasteiger partial charge is 0.454 e. The molecule has 0 saturated heterocycles. The smallest absolute Gasteiger partial charge is 0.231 e. The monoisotopic (exact) mass is 357 g/mol. The molecule has 1 heterocycles. The van der Waals surface area contributed by atoms with Crippen molar-refractivity contribution in [2.24, 2.45) is 0 Å². The van der Waals surface area contributed by atoms with Crippen LogP contribution in [0.5, 0.6) is 11.5 Å². The van der Waals surface area contributed by atoms with E-state index in [1.807, 2.05) is 18.2 Å². The fourth-order valence-corrected chi connectivity index (χ4v) is 2.91. The van der Waals surface area contributed by atoms with Crippen molar-refractivity contribution < 1.29 is 13.9 Å². The topological polar surface area (TPSA) is 30.5 Å². The fourth-order valence-electron chi connectivity index (χ4n) is 1.95. The van der Waals surface area contributed by atoms with Gasteiger partial charge in [0.05, 0.1) is 10.7 Å². The standard InChI is InChI=1S/C14H10BrClFNO2/c15-10-4-9(17)5-11(16)14(10)18-6-8-1-2-12-13(3-8)20-7-19-12/h1-5,18H,6-7H2. The van der Waals surface area contributed by atoms with Gasteiger partial charge >= 0.3 is 0 Å². The Morgan fingerprint density at radius 3 is 2.80 bits per heavy atom. The van der Waals surface area contributed by atoms with Crippen LogP contribution in [0.3, 0.4) is 0 Å². The van der Waals surface area contributed by atoms with Crippen LogP contribution < -0.4 is 14.8 Å². The first-order valence-electron chi connectivity index (χ1n) is 5.90. The summed E-state index contributed by atoms with van der Waals surface area (Å²) in [5.74, 6) is 1.10. The number of halogens is 3. The lowest BCUT2D eigenvalue weighted by Gasteiger charge is -2.11. The molecule has 3 nitrogen and oxygen atoms in total. The molecule has 0 aromatic heterocycles. The Morgan fingerprint density at radius 1 is 1.20 bits per heavy atom. The van der Waals surface area contributed by atoms with Gasteiger partial charge in [0, 0.05) is 11.0 Å². The molecule has 0 radical (unpaired) electrons. The van der Waals surface area contributed by atoms with E-state index in [1.54, 1.807) is 0 Å². The fraction of sp³-hybridized carbons (Fsp3) is 0.143. The van der Waals surface area contributed by atoms with Gasteiger partial charge < -0.3 is 14.8 Å². The van der Waals surface area contributed by atoms with Crippen molar-refractivity contribution in [2.45, 2.75) is 6.54 Å². The molecule has 3 rings (SSSR count). The third-order valence-electron chi connectivity index (χ3n) is 2.91. The van der Waals surface area contributed by atoms with Crippen LogP contribution in [0.2, 0.25) is 5.02 Å². The molecule has 1 N–H and O–H groups in total. The van der Waals surface area contributed by atoms with Gasteiger partial charge in [0.15, 0.2) is 11.5 Å². The minimum absolute atomic E-state index is 0.252. The molecule has 0 fully saturated rings. The van der Waals surface area contributed by atoms with Crippen molar-refractivity contribution in [3.63, 3.8) is 0 Å². The second kappa shape index (κ2) is 5.50. The molecule has 0 bridgehead atoms. The van der Waals surface area contributed by atoms with Gasteiger partial charge in [-0.05, 0) is 45.8 Å². The summed E-state index contributed by atoms with van der Waals surface area (Å²) in [5, 5.41) is 3.51. The lowest BCUT2D eigenvalue weighted by Crippen LogP contribution is -2.01. The number of hydrogen-bond acceptors (Lipinski definition) is 3. The number of nitrogens with one attached hydrogen (secondary N) is 1. The van der Waals surface area contributed by atoms with Gasteiger partial charge in [0.2, 0.25) is 6.79 Å². The van der Waals surface area contributed by atoms with Crippen molar-refractivity contribution in [1.29, 1.82) is 0 Å². The number of anilines is 1. The first kappa shape index (κ1) is 13.5. The van der Waals surface area contributed by atoms with E-state index in [9.17, 15) is 4.39 Å². The lowest BCUT2D eigenvalue weighted by atomic mass is 10.2. The lowest BCUT2D eigenvalue weighted by molar-refractivity contribution is 0.174. The van der Waals surface area contributed by atoms with Gasteiger partial charge in [-0.3, -0.25) is 0 Å². The van der Waals surface area contributed by atoms with Crippen LogP contribution in [-0.4, -0.2) is 6.79 Å². The Balaban J connectivity index is 1.77. The highest BCUT2D eigenvalue weighted by atomic mass is 79.9. The SMILES string of the molecule is Fc1cc(Cl)c(NCc2ccc3c(c2)OCO3)c(Br)c1. The van der Waals surface area contributed by atoms with Gasteiger partial charge in [0.25, 0.3) is 0 Å². The molecular formula is C14H10BrClFNO2. The third kappa shape index (κ3) is 2.69. The van der Waals surface area contributed by atoms with Crippen LogP contribution in [0.1, 0.15) is 5.56 Å². The summed E-state index contributed by atoms with van der Waals surface area (Å²) >= 11 is 9.31. The van der Waals surface area contributed by atoms with Crippen LogP contribution in [0.4, 0.5) is 10.1 Å². The summed E-state index contributed by atoms with van der Waals surface area (Å²) in [6, 6.07) is 8.34. The normalized spacial score (nSPS) is 12.6. The quantitative estimate of drug-likeness (QED) is 0.871. The van der Waals surface area contributed by atoms with E-state index in [4.69, 9.17) is 21.1 Å². The van der Waals surface area contributed by atoms with Gasteiger partial charge in [-0.2, -0.15) is 0 Å². The van der Waals surface area contributed by atoms with Crippen LogP contribution >= 0.6 is 27.5 Å². The molecule has 0 spiro atoms. The minimum Gasteiger partial charge on any atom is -0.454 e. The Bertz CT molecular complexity index is 643. The molecule has 20 heavy (non-hydrogen) atoms. The second-order valence-corrected chi connectivity index (χ2v) is 5.55. The maximum Gasteiger partial charge on any atom is 0.231 e. The number of hydrogen-bond donors (Lipinski definition) is 1. The maximum absolute atomic E-state index is 13.1. The van der Waals surface area contributed by atoms with Crippen molar-refractivity contribution >= 4 is 33.2 Å². The van der Waals surface area contributed by atoms with Gasteiger partial charge in [-0.15, -0.1) is 0 Å². The van der Waals surface area contributed by atoms with E-state index >= 15 is 0 Å². The number of benzene rings is 2. The van der Waals surface area contributed by atoms with E-state index in [0.29, 0.717) is 21.7 Å². The molecule has 0 aliphatic carbocycles. The van der Waals surface area contributed by atoms with Crippen molar-refractivity contribution in [2.75, 3.05) is 12.1 Å². The first-order chi connectivity index (χ1) is 9.63. The number of fused-ring (bicyclic) bond motifs is 1. The van der Waals surface area contributed by atoms with E-state index in [0.717, 1.165) is 17.1 Å². The zero-order valence-corrected chi connectivity index (χ0v) is 12.6. The Kier molecular flexibility index (Phi) is 3.72. The predicted molar refractivity (Wildman–Crippen MR) is 79.0 cm³/mol. The highest BCUT2D eigenvalue weighted by Gasteiger charge is 2.13. The molecular weight excluding hydrogens is 349 g/mol. The predicted octanol–water partition coefficient (Wildman–Crippen LogP) is 4.58. The molecule has 1 aliphatic rings. The Labute approximate surface area is 128 Å². The maximum atomic E-state index is 13.1. The first-order valence-corrected chi connectivity index (χ1v) is 7.07. The van der Waals surface area contributed by atoms with Gasteiger partial charge in [-0.25, -0.2) is 4.39 Å². The molecule has 2 aromatic carbocycles. The van der Waals surface area contributed by atoms with Crippen LogP contribution in [-0.2, 0) is 6.54 Å². The van der Waals surface area contributed by atoms with Crippen molar-refractivity contribution in [3.8, 4) is 11.5 Å². The zero-order chi connectivity index (χ0) is 14.1. The molecule has 0 atom stereocenters. The Morgan fingerprint density at radius 2 is 2.00 bits per heavy atom. The van der Waals surface area contributed by atoms with Crippen LogP contribution in [0, 0.1) is 5.82 Å². The average molecular weight is 359 g/mol. The summed E-state index contributed by atoms with van der Waals surface area (Å²) in [4.78, 5) is 0. The highest BCUT2D eigenvalue weighted by molar-refractivity contribution is 9.10. The molecule has 0 amide bonds. The van der Waals surface area contributed by atoms with E-state index in [-0.39, 0.29) is 12.6 Å². The van der Waals surface area contributed by atoms with Crippen LogP contribution in [0.15, 0.2) is 34.8 Å². The number of rotatable bonds is 3. The van der Waals surface area contributed by atoms with Crippen LogP contribution in [0.25, 0.3) is 0 Å². The van der Waals surface area contributed by atoms with E-state index in [2.05, 4.69) is 21.2 Å². The molecule has 6 heteroatoms. The summed E-state index contributed by atoms with van der Waals surface area (Å²) in [6.45, 7) is 0.794. The highest BCUT2D eigenvalue weighted by Crippen LogP contribution is 2.34. The molecule has 2 aromatic rings. The second-order valence-electron chi connectivity index (χ2n) is 4.29. The van der Waals surface area contributed by atoms with Crippen molar-refractivity contribution in [1.82, 2.24) is 0 Å². The summed E-state index contributed by atoms with van der Waals surface area (Å²) in [5.41, 5.74) is 1.67. The van der Waals surface area contributed by atoms with Gasteiger partial charge in [0.1, 0.15) is 5.82 Å². The molecule has 0 unspecified atom stereocenters. The third-order valence-corrected chi connectivity index (χ3v) is 3.84. The Hall–Kier alpha value is -1.46. The molecule has 104 valence electrons. The van der Waals surface area contributed by atoms with Crippen molar-refractivity contribution in [3.05, 3.63) is 51.2 Å². The van der Waals surface area contributed by atoms with E-state index < -0.39 is 0 Å². The number of ether oxygens (including phenoxy) is 2. The summed E-state index contributed by atoms with van der Waals surface area (Å²) in [7, 11) is 0.